The van der Waals surface area contributed by atoms with Gasteiger partial charge in [0, 0.05) is 42.3 Å². The number of hydrogen-bond donors (Lipinski definition) is 2. The second kappa shape index (κ2) is 6.74. The Kier molecular flexibility index (Phi) is 4.42. The van der Waals surface area contributed by atoms with Crippen LogP contribution in [0.4, 0.5) is 10.1 Å². The first-order chi connectivity index (χ1) is 12.5. The van der Waals surface area contributed by atoms with Gasteiger partial charge in [0.1, 0.15) is 5.82 Å². The third-order valence-electron chi connectivity index (χ3n) is 4.74. The summed E-state index contributed by atoms with van der Waals surface area (Å²) in [7, 11) is -3.15. The molecule has 5 nitrogen and oxygen atoms in total. The van der Waals surface area contributed by atoms with E-state index in [4.69, 9.17) is 0 Å². The average molecular weight is 373 g/mol. The molecule has 0 atom stereocenters. The number of anilines is 1. The molecule has 0 amide bonds. The number of hydrogen-bond acceptors (Lipinski definition) is 3. The van der Waals surface area contributed by atoms with Crippen molar-refractivity contribution < 1.29 is 12.8 Å². The van der Waals surface area contributed by atoms with Gasteiger partial charge in [-0.2, -0.15) is 0 Å². The van der Waals surface area contributed by atoms with Crippen LogP contribution in [0.15, 0.2) is 48.7 Å². The van der Waals surface area contributed by atoms with Crippen molar-refractivity contribution >= 4 is 26.6 Å². The molecule has 1 fully saturated rings. The van der Waals surface area contributed by atoms with Crippen molar-refractivity contribution in [1.82, 2.24) is 10.3 Å². The van der Waals surface area contributed by atoms with Gasteiger partial charge in [0.05, 0.1) is 11.4 Å². The lowest BCUT2D eigenvalue weighted by Gasteiger charge is -2.17. The van der Waals surface area contributed by atoms with Gasteiger partial charge in [-0.3, -0.25) is 4.31 Å². The molecule has 26 heavy (non-hydrogen) atoms. The van der Waals surface area contributed by atoms with E-state index in [0.29, 0.717) is 37.3 Å². The minimum Gasteiger partial charge on any atom is -0.361 e. The van der Waals surface area contributed by atoms with E-state index < -0.39 is 10.0 Å². The van der Waals surface area contributed by atoms with Crippen LogP contribution in [0, 0.1) is 5.82 Å². The van der Waals surface area contributed by atoms with Gasteiger partial charge in [-0.15, -0.1) is 0 Å². The number of halogens is 1. The fourth-order valence-electron chi connectivity index (χ4n) is 3.39. The maximum absolute atomic E-state index is 14.1. The van der Waals surface area contributed by atoms with Gasteiger partial charge in [0.25, 0.3) is 0 Å². The molecule has 1 aliphatic rings. The smallest absolute Gasteiger partial charge is 0.235 e. The van der Waals surface area contributed by atoms with Crippen LogP contribution in [-0.2, 0) is 23.1 Å². The summed E-state index contributed by atoms with van der Waals surface area (Å²) in [5, 5.41) is 4.14. The Morgan fingerprint density at radius 2 is 1.88 bits per heavy atom. The minimum absolute atomic E-state index is 0.215. The summed E-state index contributed by atoms with van der Waals surface area (Å²) >= 11 is 0. The normalized spacial score (nSPS) is 16.4. The predicted octanol–water partition coefficient (Wildman–Crippen LogP) is 3.14. The highest BCUT2D eigenvalue weighted by atomic mass is 32.2. The number of benzene rings is 2. The van der Waals surface area contributed by atoms with E-state index in [2.05, 4.69) is 10.3 Å². The molecular formula is C19H20FN3O2S. The molecule has 1 aromatic heterocycles. The van der Waals surface area contributed by atoms with Crippen LogP contribution in [0.3, 0.4) is 0 Å². The number of fused-ring (bicyclic) bond motifs is 1. The van der Waals surface area contributed by atoms with E-state index in [1.165, 1.54) is 10.4 Å². The van der Waals surface area contributed by atoms with Crippen LogP contribution in [0.25, 0.3) is 10.9 Å². The molecule has 3 aromatic rings. The summed E-state index contributed by atoms with van der Waals surface area (Å²) in [6, 6.07) is 12.6. The standard InChI is InChI=1S/C19H20FN3O2S/c20-18-6-7-19-16(8-9-22-19)17(18)13-21-12-14-2-4-15(5-3-14)23-10-1-11-26(23,24)25/h2-9,21-22H,1,10-13H2. The highest BCUT2D eigenvalue weighted by Crippen LogP contribution is 2.24. The number of nitrogens with one attached hydrogen (secondary N) is 2. The molecule has 1 aliphatic heterocycles. The van der Waals surface area contributed by atoms with Gasteiger partial charge in [0.2, 0.25) is 10.0 Å². The largest absolute Gasteiger partial charge is 0.361 e. The van der Waals surface area contributed by atoms with Crippen LogP contribution in [0.1, 0.15) is 17.5 Å². The Balaban J connectivity index is 1.42. The molecule has 4 rings (SSSR count). The van der Waals surface area contributed by atoms with Gasteiger partial charge >= 0.3 is 0 Å². The van der Waals surface area contributed by atoms with E-state index in [9.17, 15) is 12.8 Å². The molecular weight excluding hydrogens is 353 g/mol. The summed E-state index contributed by atoms with van der Waals surface area (Å²) in [5.74, 6) is -0.00812. The zero-order valence-electron chi connectivity index (χ0n) is 14.2. The molecule has 0 spiro atoms. The van der Waals surface area contributed by atoms with Crippen molar-refractivity contribution in [2.75, 3.05) is 16.6 Å². The lowest BCUT2D eigenvalue weighted by atomic mass is 10.1. The Labute approximate surface area is 151 Å². The molecule has 2 heterocycles. The van der Waals surface area contributed by atoms with Crippen LogP contribution >= 0.6 is 0 Å². The molecule has 0 aliphatic carbocycles. The lowest BCUT2D eigenvalue weighted by Crippen LogP contribution is -2.25. The molecule has 2 N–H and O–H groups in total. The molecule has 0 unspecified atom stereocenters. The van der Waals surface area contributed by atoms with E-state index in [0.717, 1.165) is 16.5 Å². The quantitative estimate of drug-likeness (QED) is 0.722. The second-order valence-electron chi connectivity index (χ2n) is 6.48. The monoisotopic (exact) mass is 373 g/mol. The number of aromatic amines is 1. The molecule has 0 saturated carbocycles. The number of sulfonamides is 1. The Morgan fingerprint density at radius 1 is 1.08 bits per heavy atom. The van der Waals surface area contributed by atoms with Crippen LogP contribution in [-0.4, -0.2) is 25.7 Å². The molecule has 7 heteroatoms. The summed E-state index contributed by atoms with van der Waals surface area (Å²) < 4.78 is 39.5. The van der Waals surface area contributed by atoms with E-state index >= 15 is 0 Å². The van der Waals surface area contributed by atoms with Gasteiger partial charge < -0.3 is 10.3 Å². The zero-order chi connectivity index (χ0) is 18.1. The number of nitrogens with zero attached hydrogens (tertiary/aromatic N) is 1. The topological polar surface area (TPSA) is 65.2 Å². The first-order valence-electron chi connectivity index (χ1n) is 8.59. The fraction of sp³-hybridized carbons (Fsp3) is 0.263. The fourth-order valence-corrected chi connectivity index (χ4v) is 4.95. The van der Waals surface area contributed by atoms with Crippen molar-refractivity contribution in [1.29, 1.82) is 0 Å². The first kappa shape index (κ1) is 17.1. The van der Waals surface area contributed by atoms with Crippen molar-refractivity contribution in [2.24, 2.45) is 0 Å². The maximum Gasteiger partial charge on any atom is 0.235 e. The maximum atomic E-state index is 14.1. The molecule has 2 aromatic carbocycles. The number of H-pyrrole nitrogens is 1. The summed E-state index contributed by atoms with van der Waals surface area (Å²) in [6.45, 7) is 1.54. The lowest BCUT2D eigenvalue weighted by molar-refractivity contribution is 0.592. The molecule has 1 saturated heterocycles. The average Bonchev–Trinajstić information content (AvgIpc) is 3.23. The molecule has 136 valence electrons. The Morgan fingerprint density at radius 3 is 2.62 bits per heavy atom. The minimum atomic E-state index is -3.15. The SMILES string of the molecule is O=S1(=O)CCCN1c1ccc(CNCc2c(F)ccc3[nH]ccc23)cc1. The predicted molar refractivity (Wildman–Crippen MR) is 101 cm³/mol. The van der Waals surface area contributed by atoms with Gasteiger partial charge in [-0.25, -0.2) is 12.8 Å². The van der Waals surface area contributed by atoms with Crippen molar-refractivity contribution in [3.8, 4) is 0 Å². The Bertz CT molecular complexity index is 1030. The molecule has 0 bridgehead atoms. The van der Waals surface area contributed by atoms with Crippen LogP contribution < -0.4 is 9.62 Å². The van der Waals surface area contributed by atoms with Crippen molar-refractivity contribution in [3.05, 3.63) is 65.6 Å². The number of aromatic nitrogens is 1. The first-order valence-corrected chi connectivity index (χ1v) is 10.2. The molecule has 0 radical (unpaired) electrons. The third kappa shape index (κ3) is 3.20. The summed E-state index contributed by atoms with van der Waals surface area (Å²) in [5.41, 5.74) is 3.28. The van der Waals surface area contributed by atoms with Crippen LogP contribution in [0.5, 0.6) is 0 Å². The highest BCUT2D eigenvalue weighted by molar-refractivity contribution is 7.93. The van der Waals surface area contributed by atoms with Crippen LogP contribution in [0.2, 0.25) is 0 Å². The summed E-state index contributed by atoms with van der Waals surface area (Å²) in [4.78, 5) is 3.09. The van der Waals surface area contributed by atoms with Gasteiger partial charge in [-0.1, -0.05) is 12.1 Å². The van der Waals surface area contributed by atoms with Crippen molar-refractivity contribution in [2.45, 2.75) is 19.5 Å². The van der Waals surface area contributed by atoms with Crippen molar-refractivity contribution in [3.63, 3.8) is 0 Å². The number of rotatable bonds is 5. The van der Waals surface area contributed by atoms with E-state index in [1.54, 1.807) is 12.3 Å². The van der Waals surface area contributed by atoms with Gasteiger partial charge in [0.15, 0.2) is 0 Å². The van der Waals surface area contributed by atoms with E-state index in [1.807, 2.05) is 30.3 Å². The van der Waals surface area contributed by atoms with E-state index in [-0.39, 0.29) is 11.6 Å². The van der Waals surface area contributed by atoms with Gasteiger partial charge in [-0.05, 0) is 42.3 Å². The highest BCUT2D eigenvalue weighted by Gasteiger charge is 2.28. The summed E-state index contributed by atoms with van der Waals surface area (Å²) in [6.07, 6.45) is 2.47. The third-order valence-corrected chi connectivity index (χ3v) is 6.61. The zero-order valence-corrected chi connectivity index (χ0v) is 15.0. The Hall–Kier alpha value is -2.38. The second-order valence-corrected chi connectivity index (χ2v) is 8.49.